The van der Waals surface area contributed by atoms with Crippen LogP contribution in [-0.4, -0.2) is 81.0 Å². The van der Waals surface area contributed by atoms with Crippen LogP contribution >= 0.6 is 0 Å². The maximum absolute atomic E-state index is 11.4. The van der Waals surface area contributed by atoms with E-state index in [0.717, 1.165) is 18.7 Å². The Hall–Kier alpha value is -1.83. The summed E-state index contributed by atoms with van der Waals surface area (Å²) in [6, 6.07) is 5.62. The number of hydrogen-bond acceptors (Lipinski definition) is 7. The zero-order valence-electron chi connectivity index (χ0n) is 16.5. The number of methoxy groups -OCH3 is 2. The van der Waals surface area contributed by atoms with Crippen molar-refractivity contribution < 1.29 is 24.1 Å². The molecule has 0 fully saturated rings. The summed E-state index contributed by atoms with van der Waals surface area (Å²) in [4.78, 5) is 15.4. The van der Waals surface area contributed by atoms with E-state index in [9.17, 15) is 9.90 Å². The minimum atomic E-state index is -0.578. The Morgan fingerprint density at radius 1 is 1.19 bits per heavy atom. The SMILES string of the molecule is CCN(CC)CC(O)COc1cc(CN(C)CC(=O)OC)ccc1OC. The molecule has 0 aliphatic heterocycles. The fourth-order valence-electron chi connectivity index (χ4n) is 2.60. The van der Waals surface area contributed by atoms with E-state index >= 15 is 0 Å². The maximum atomic E-state index is 11.4. The molecule has 0 amide bonds. The molecule has 0 radical (unpaired) electrons. The predicted molar refractivity (Wildman–Crippen MR) is 101 cm³/mol. The zero-order valence-corrected chi connectivity index (χ0v) is 16.5. The Bertz CT molecular complexity index is 549. The molecular weight excluding hydrogens is 336 g/mol. The average molecular weight is 368 g/mol. The average Bonchev–Trinajstić information content (AvgIpc) is 2.64. The van der Waals surface area contributed by atoms with E-state index in [1.807, 2.05) is 30.1 Å². The molecule has 26 heavy (non-hydrogen) atoms. The van der Waals surface area contributed by atoms with Gasteiger partial charge in [0.15, 0.2) is 11.5 Å². The molecule has 0 aliphatic rings. The van der Waals surface area contributed by atoms with Crippen molar-refractivity contribution >= 4 is 5.97 Å². The van der Waals surface area contributed by atoms with Crippen LogP contribution in [0.5, 0.6) is 11.5 Å². The molecule has 7 heteroatoms. The number of nitrogens with zero attached hydrogens (tertiary/aromatic N) is 2. The normalized spacial score (nSPS) is 12.3. The first-order chi connectivity index (χ1) is 12.4. The Morgan fingerprint density at radius 3 is 2.46 bits per heavy atom. The van der Waals surface area contributed by atoms with E-state index in [-0.39, 0.29) is 19.1 Å². The second-order valence-electron chi connectivity index (χ2n) is 6.18. The van der Waals surface area contributed by atoms with Crippen molar-refractivity contribution in [3.05, 3.63) is 23.8 Å². The molecule has 1 atom stereocenters. The summed E-state index contributed by atoms with van der Waals surface area (Å²) >= 11 is 0. The molecular formula is C19H32N2O5. The van der Waals surface area contributed by atoms with Crippen LogP contribution in [0.3, 0.4) is 0 Å². The van der Waals surface area contributed by atoms with Crippen molar-refractivity contribution in [2.24, 2.45) is 0 Å². The first-order valence-electron chi connectivity index (χ1n) is 8.88. The summed E-state index contributed by atoms with van der Waals surface area (Å²) in [6.07, 6.45) is -0.578. The first kappa shape index (κ1) is 22.2. The van der Waals surface area contributed by atoms with Gasteiger partial charge in [-0.25, -0.2) is 0 Å². The Morgan fingerprint density at radius 2 is 1.88 bits per heavy atom. The number of aliphatic hydroxyl groups excluding tert-OH is 1. The van der Waals surface area contributed by atoms with Crippen molar-refractivity contribution in [3.8, 4) is 11.5 Å². The molecule has 0 bridgehead atoms. The van der Waals surface area contributed by atoms with Crippen molar-refractivity contribution in [2.45, 2.75) is 26.5 Å². The van der Waals surface area contributed by atoms with Crippen LogP contribution in [0.15, 0.2) is 18.2 Å². The number of likely N-dealkylation sites (N-methyl/N-ethyl adjacent to an activating group) is 2. The summed E-state index contributed by atoms with van der Waals surface area (Å²) in [5.41, 5.74) is 0.977. The zero-order chi connectivity index (χ0) is 19.5. The summed E-state index contributed by atoms with van der Waals surface area (Å²) in [5, 5.41) is 10.2. The number of esters is 1. The van der Waals surface area contributed by atoms with E-state index in [1.165, 1.54) is 7.11 Å². The standard InChI is InChI=1S/C19H32N2O5/c1-6-21(7-2)12-16(22)14-26-18-10-15(8-9-17(18)24-4)11-20(3)13-19(23)25-5/h8-10,16,22H,6-7,11-14H2,1-5H3. The highest BCUT2D eigenvalue weighted by molar-refractivity contribution is 5.71. The van der Waals surface area contributed by atoms with E-state index < -0.39 is 6.10 Å². The van der Waals surface area contributed by atoms with E-state index in [1.54, 1.807) is 7.11 Å². The van der Waals surface area contributed by atoms with Gasteiger partial charge in [-0.3, -0.25) is 9.69 Å². The lowest BCUT2D eigenvalue weighted by Gasteiger charge is -2.22. The lowest BCUT2D eigenvalue weighted by molar-refractivity contribution is -0.141. The van der Waals surface area contributed by atoms with Crippen LogP contribution in [0.1, 0.15) is 19.4 Å². The van der Waals surface area contributed by atoms with Gasteiger partial charge in [-0.15, -0.1) is 0 Å². The van der Waals surface area contributed by atoms with Gasteiger partial charge in [0.1, 0.15) is 12.7 Å². The predicted octanol–water partition coefficient (Wildman–Crippen LogP) is 1.38. The van der Waals surface area contributed by atoms with Gasteiger partial charge in [0.2, 0.25) is 0 Å². The van der Waals surface area contributed by atoms with Crippen molar-refractivity contribution in [1.29, 1.82) is 0 Å². The lowest BCUT2D eigenvalue weighted by Crippen LogP contribution is -2.35. The molecule has 0 saturated carbocycles. The highest BCUT2D eigenvalue weighted by Crippen LogP contribution is 2.28. The minimum absolute atomic E-state index is 0.189. The molecule has 0 saturated heterocycles. The van der Waals surface area contributed by atoms with E-state index in [4.69, 9.17) is 9.47 Å². The van der Waals surface area contributed by atoms with Gasteiger partial charge in [-0.2, -0.15) is 0 Å². The van der Waals surface area contributed by atoms with Crippen LogP contribution in [-0.2, 0) is 16.1 Å². The third kappa shape index (κ3) is 7.59. The smallest absolute Gasteiger partial charge is 0.319 e. The number of carbonyl (C=O) groups excluding carboxylic acids is 1. The molecule has 148 valence electrons. The van der Waals surface area contributed by atoms with Crippen molar-refractivity contribution in [2.75, 3.05) is 54.1 Å². The highest BCUT2D eigenvalue weighted by atomic mass is 16.5. The number of aliphatic hydroxyl groups is 1. The number of hydrogen-bond donors (Lipinski definition) is 1. The Labute approximate surface area is 156 Å². The topological polar surface area (TPSA) is 71.5 Å². The van der Waals surface area contributed by atoms with Gasteiger partial charge in [-0.1, -0.05) is 19.9 Å². The quantitative estimate of drug-likeness (QED) is 0.559. The van der Waals surface area contributed by atoms with Crippen LogP contribution in [0.25, 0.3) is 0 Å². The molecule has 0 heterocycles. The van der Waals surface area contributed by atoms with Gasteiger partial charge >= 0.3 is 5.97 Å². The van der Waals surface area contributed by atoms with Gasteiger partial charge in [0, 0.05) is 13.1 Å². The van der Waals surface area contributed by atoms with Crippen molar-refractivity contribution in [3.63, 3.8) is 0 Å². The maximum Gasteiger partial charge on any atom is 0.319 e. The second-order valence-corrected chi connectivity index (χ2v) is 6.18. The van der Waals surface area contributed by atoms with Gasteiger partial charge in [-0.05, 0) is 37.8 Å². The minimum Gasteiger partial charge on any atom is -0.493 e. The number of ether oxygens (including phenoxy) is 3. The number of benzene rings is 1. The van der Waals surface area contributed by atoms with Crippen LogP contribution < -0.4 is 9.47 Å². The summed E-state index contributed by atoms with van der Waals surface area (Å²) in [5.74, 6) is 0.909. The van der Waals surface area contributed by atoms with Crippen LogP contribution in [0, 0.1) is 0 Å². The summed E-state index contributed by atoms with van der Waals surface area (Å²) in [7, 11) is 4.80. The summed E-state index contributed by atoms with van der Waals surface area (Å²) in [6.45, 7) is 7.44. The molecule has 1 aromatic rings. The molecule has 1 aromatic carbocycles. The molecule has 1 N–H and O–H groups in total. The Kier molecular flexibility index (Phi) is 10.0. The molecule has 0 spiro atoms. The van der Waals surface area contributed by atoms with E-state index in [2.05, 4.69) is 23.5 Å². The van der Waals surface area contributed by atoms with E-state index in [0.29, 0.717) is 24.6 Å². The lowest BCUT2D eigenvalue weighted by atomic mass is 10.2. The first-order valence-corrected chi connectivity index (χ1v) is 8.88. The monoisotopic (exact) mass is 368 g/mol. The third-order valence-electron chi connectivity index (χ3n) is 4.10. The van der Waals surface area contributed by atoms with Gasteiger partial charge in [0.25, 0.3) is 0 Å². The number of rotatable bonds is 12. The van der Waals surface area contributed by atoms with Crippen molar-refractivity contribution in [1.82, 2.24) is 9.80 Å². The van der Waals surface area contributed by atoms with Crippen LogP contribution in [0.4, 0.5) is 0 Å². The molecule has 7 nitrogen and oxygen atoms in total. The molecule has 1 rings (SSSR count). The fourth-order valence-corrected chi connectivity index (χ4v) is 2.60. The molecule has 0 aliphatic carbocycles. The summed E-state index contributed by atoms with van der Waals surface area (Å²) < 4.78 is 15.8. The van der Waals surface area contributed by atoms with Gasteiger partial charge in [0.05, 0.1) is 20.8 Å². The highest BCUT2D eigenvalue weighted by Gasteiger charge is 2.13. The Balaban J connectivity index is 2.69. The molecule has 1 unspecified atom stereocenters. The third-order valence-corrected chi connectivity index (χ3v) is 4.10. The van der Waals surface area contributed by atoms with Gasteiger partial charge < -0.3 is 24.2 Å². The number of carbonyl (C=O) groups is 1. The fraction of sp³-hybridized carbons (Fsp3) is 0.632. The largest absolute Gasteiger partial charge is 0.493 e. The molecule has 0 aromatic heterocycles. The van der Waals surface area contributed by atoms with Crippen LogP contribution in [0.2, 0.25) is 0 Å². The second kappa shape index (κ2) is 11.7.